The van der Waals surface area contributed by atoms with E-state index in [2.05, 4.69) is 32.0 Å². The van der Waals surface area contributed by atoms with E-state index in [9.17, 15) is 0 Å². The molecule has 1 nitrogen and oxygen atoms in total. The normalized spacial score (nSPS) is 6.00. The zero-order valence-electron chi connectivity index (χ0n) is 1.82. The summed E-state index contributed by atoms with van der Waals surface area (Å²) >= 11 is 4.86. The monoisotopic (exact) mass is 187 g/mol. The van der Waals surface area contributed by atoms with E-state index in [4.69, 9.17) is 5.41 Å². The third-order valence-electron chi connectivity index (χ3n) is 0. The zero-order chi connectivity index (χ0) is 3.58. The molecule has 0 saturated carbocycles. The van der Waals surface area contributed by atoms with Gasteiger partial charge >= 0.3 is 40.9 Å². The standard InChI is InChI=1S/CH2NSe2/c2-1(3)4/h(H2,2,3)/p-1. The van der Waals surface area contributed by atoms with Gasteiger partial charge in [-0.05, 0) is 0 Å². The summed E-state index contributed by atoms with van der Waals surface area (Å²) in [7, 11) is 0. The molecule has 4 heavy (non-hydrogen) atoms. The Bertz CT molecular complexity index is 29.0. The van der Waals surface area contributed by atoms with E-state index in [1.807, 2.05) is 0 Å². The summed E-state index contributed by atoms with van der Waals surface area (Å²) in [5.74, 6) is 0. The van der Waals surface area contributed by atoms with E-state index < -0.39 is 0 Å². The quantitative estimate of drug-likeness (QED) is 0.379. The molecular formula is CHNSe2-. The molecule has 0 aliphatic carbocycles. The van der Waals surface area contributed by atoms with Crippen molar-refractivity contribution in [3.05, 3.63) is 0 Å². The Hall–Kier alpha value is 0.709. The van der Waals surface area contributed by atoms with Gasteiger partial charge in [-0.15, -0.1) is 0 Å². The Kier molecular flexibility index (Phi) is 2.33. The van der Waals surface area contributed by atoms with E-state index >= 15 is 0 Å². The van der Waals surface area contributed by atoms with Crippen LogP contribution in [-0.4, -0.2) is 35.5 Å². The molecule has 0 heterocycles. The van der Waals surface area contributed by atoms with Crippen LogP contribution in [0.5, 0.6) is 0 Å². The van der Waals surface area contributed by atoms with Crippen molar-refractivity contribution in [2.45, 2.75) is 0 Å². The van der Waals surface area contributed by atoms with Gasteiger partial charge in [-0.1, -0.05) is 0 Å². The fourth-order valence-corrected chi connectivity index (χ4v) is 0. The van der Waals surface area contributed by atoms with Crippen LogP contribution < -0.4 is 0 Å². The molecule has 0 aromatic heterocycles. The van der Waals surface area contributed by atoms with Crippen LogP contribution in [0.15, 0.2) is 0 Å². The first-order chi connectivity index (χ1) is 1.73. The van der Waals surface area contributed by atoms with Crippen molar-refractivity contribution in [1.82, 2.24) is 0 Å². The Labute approximate surface area is 41.3 Å². The first-order valence-corrected chi connectivity index (χ1v) is 2.37. The molecule has 0 aromatic carbocycles. The van der Waals surface area contributed by atoms with E-state index in [0.717, 1.165) is 0 Å². The van der Waals surface area contributed by atoms with Crippen LogP contribution in [0.3, 0.4) is 0 Å². The average Bonchev–Trinajstić information content (AvgIpc) is 0.811. The van der Waals surface area contributed by atoms with E-state index in [1.54, 1.807) is 0 Å². The van der Waals surface area contributed by atoms with Gasteiger partial charge in [0.15, 0.2) is 0 Å². The molecule has 0 saturated heterocycles. The third kappa shape index (κ3) is 15.7. The molecule has 0 rings (SSSR count). The van der Waals surface area contributed by atoms with Crippen molar-refractivity contribution in [3.8, 4) is 0 Å². The molecule has 0 fully saturated rings. The van der Waals surface area contributed by atoms with Gasteiger partial charge in [0.1, 0.15) is 0 Å². The van der Waals surface area contributed by atoms with E-state index in [1.165, 1.54) is 0 Å². The van der Waals surface area contributed by atoms with E-state index in [-0.39, 0.29) is 0 Å². The van der Waals surface area contributed by atoms with Gasteiger partial charge in [0.25, 0.3) is 0 Å². The van der Waals surface area contributed by atoms with Crippen molar-refractivity contribution in [2.75, 3.05) is 0 Å². The van der Waals surface area contributed by atoms with Crippen molar-refractivity contribution in [2.24, 2.45) is 0 Å². The summed E-state index contributed by atoms with van der Waals surface area (Å²) in [5, 5.41) is 6.39. The van der Waals surface area contributed by atoms with E-state index in [0.29, 0.717) is 3.51 Å². The second kappa shape index (κ2) is 1.98. The molecule has 3 heteroatoms. The summed E-state index contributed by atoms with van der Waals surface area (Å²) in [6, 6.07) is 0. The Morgan fingerprint density at radius 1 is 2.00 bits per heavy atom. The fraction of sp³-hybridized carbons (Fsp3) is 0. The van der Waals surface area contributed by atoms with Gasteiger partial charge < -0.3 is 0 Å². The minimum absolute atomic E-state index is 0.417. The van der Waals surface area contributed by atoms with Crippen LogP contribution in [0, 0.1) is 5.41 Å². The first-order valence-electron chi connectivity index (χ1n) is 0.658. The van der Waals surface area contributed by atoms with Crippen LogP contribution in [0.4, 0.5) is 0 Å². The number of hydrogen-bond donors (Lipinski definition) is 1. The molecule has 0 bridgehead atoms. The summed E-state index contributed by atoms with van der Waals surface area (Å²) in [6.45, 7) is 0. The molecule has 23 valence electrons. The van der Waals surface area contributed by atoms with Crippen LogP contribution in [0.2, 0.25) is 0 Å². The Balaban J connectivity index is 2.80. The Morgan fingerprint density at radius 3 is 2.00 bits per heavy atom. The molecule has 0 aromatic rings. The molecule has 0 amide bonds. The SMILES string of the molecule is N=C([Se])[Se-]. The van der Waals surface area contributed by atoms with Crippen LogP contribution in [0.1, 0.15) is 0 Å². The predicted octanol–water partition coefficient (Wildman–Crippen LogP) is -0.742. The summed E-state index contributed by atoms with van der Waals surface area (Å²) < 4.78 is 0.417. The molecule has 0 atom stereocenters. The van der Waals surface area contributed by atoms with Crippen molar-refractivity contribution in [1.29, 1.82) is 5.41 Å². The maximum atomic E-state index is 6.39. The predicted molar refractivity (Wildman–Crippen MR) is 19.2 cm³/mol. The first kappa shape index (κ1) is 4.71. The Morgan fingerprint density at radius 2 is 2.00 bits per heavy atom. The molecular weight excluding hydrogens is 184 g/mol. The third-order valence-corrected chi connectivity index (χ3v) is 0. The zero-order valence-corrected chi connectivity index (χ0v) is 5.24. The number of nitrogens with one attached hydrogen (secondary N) is 1. The van der Waals surface area contributed by atoms with Gasteiger partial charge in [-0.2, -0.15) is 0 Å². The molecule has 0 aliphatic rings. The van der Waals surface area contributed by atoms with Crippen molar-refractivity contribution < 1.29 is 0 Å². The molecule has 1 N–H and O–H groups in total. The van der Waals surface area contributed by atoms with Gasteiger partial charge in [0, 0.05) is 0 Å². The summed E-state index contributed by atoms with van der Waals surface area (Å²) in [6.07, 6.45) is 0. The molecule has 1 radical (unpaired) electrons. The van der Waals surface area contributed by atoms with Gasteiger partial charge in [-0.3, -0.25) is 0 Å². The second-order valence-electron chi connectivity index (χ2n) is 0.287. The second-order valence-corrected chi connectivity index (χ2v) is 3.31. The molecule has 0 unspecified atom stereocenters. The average molecular weight is 185 g/mol. The summed E-state index contributed by atoms with van der Waals surface area (Å²) in [5.41, 5.74) is 0. The fourth-order valence-electron chi connectivity index (χ4n) is 0. The molecule has 0 spiro atoms. The maximum absolute atomic E-state index is 6.39. The topological polar surface area (TPSA) is 23.9 Å². The van der Waals surface area contributed by atoms with Gasteiger partial charge in [0.05, 0.1) is 0 Å². The van der Waals surface area contributed by atoms with Crippen LogP contribution >= 0.6 is 0 Å². The van der Waals surface area contributed by atoms with Gasteiger partial charge in [-0.25, -0.2) is 0 Å². The molecule has 0 aliphatic heterocycles. The number of rotatable bonds is 0. The van der Waals surface area contributed by atoms with Crippen molar-refractivity contribution >= 4 is 35.5 Å². The minimum atomic E-state index is 0.417. The van der Waals surface area contributed by atoms with Crippen molar-refractivity contribution in [3.63, 3.8) is 0 Å². The van der Waals surface area contributed by atoms with Crippen LogP contribution in [-0.2, 0) is 0 Å². The van der Waals surface area contributed by atoms with Gasteiger partial charge in [0.2, 0.25) is 0 Å². The number of hydrogen-bond acceptors (Lipinski definition) is 1. The summed E-state index contributed by atoms with van der Waals surface area (Å²) in [4.78, 5) is 0. The van der Waals surface area contributed by atoms with Crippen LogP contribution in [0.25, 0.3) is 0 Å².